The number of methoxy groups -OCH3 is 2. The minimum atomic E-state index is -0.304. The van der Waals surface area contributed by atoms with Gasteiger partial charge in [0.15, 0.2) is 10.9 Å². The Labute approximate surface area is 129 Å². The smallest absolute Gasteiger partial charge is 0.285 e. The molecule has 0 amide bonds. The lowest BCUT2D eigenvalue weighted by Crippen LogP contribution is -2.25. The topological polar surface area (TPSA) is 53.4 Å². The monoisotopic (exact) mass is 358 g/mol. The van der Waals surface area contributed by atoms with E-state index in [1.165, 1.54) is 11.8 Å². The van der Waals surface area contributed by atoms with Gasteiger partial charge in [0, 0.05) is 0 Å². The van der Waals surface area contributed by atoms with Crippen molar-refractivity contribution >= 4 is 27.5 Å². The number of aromatic nitrogens is 2. The molecule has 5 nitrogen and oxygen atoms in total. The van der Waals surface area contributed by atoms with Crippen LogP contribution >= 0.6 is 27.5 Å². The molecule has 0 N–H and O–H groups in total. The Hall–Kier alpha value is -1.53. The van der Waals surface area contributed by atoms with Crippen LogP contribution in [-0.4, -0.2) is 24.0 Å². The van der Waals surface area contributed by atoms with E-state index in [2.05, 4.69) is 21.0 Å². The quantitative estimate of drug-likeness (QED) is 0.842. The van der Waals surface area contributed by atoms with Gasteiger partial charge in [-0.2, -0.15) is 5.10 Å². The zero-order valence-corrected chi connectivity index (χ0v) is 13.2. The Kier molecular flexibility index (Phi) is 4.67. The van der Waals surface area contributed by atoms with E-state index in [-0.39, 0.29) is 20.9 Å². The summed E-state index contributed by atoms with van der Waals surface area (Å²) in [5.74, 6) is 0.991. The molecule has 0 unspecified atom stereocenters. The zero-order valence-electron chi connectivity index (χ0n) is 10.9. The summed E-state index contributed by atoms with van der Waals surface area (Å²) in [5, 5.41) is 4.16. The zero-order chi connectivity index (χ0) is 14.7. The van der Waals surface area contributed by atoms with Crippen LogP contribution in [0.4, 0.5) is 0 Å². The molecule has 0 aliphatic heterocycles. The van der Waals surface area contributed by atoms with Gasteiger partial charge in [0.05, 0.1) is 20.8 Å². The van der Waals surface area contributed by atoms with Crippen molar-refractivity contribution in [1.29, 1.82) is 0 Å². The van der Waals surface area contributed by atoms with Gasteiger partial charge in [0.1, 0.15) is 10.2 Å². The third-order valence-corrected chi connectivity index (χ3v) is 3.66. The van der Waals surface area contributed by atoms with Gasteiger partial charge in [0.25, 0.3) is 5.56 Å². The number of benzene rings is 1. The highest BCUT2D eigenvalue weighted by Gasteiger charge is 2.14. The molecule has 0 fully saturated rings. The van der Waals surface area contributed by atoms with Crippen molar-refractivity contribution in [1.82, 2.24) is 9.78 Å². The molecule has 0 atom stereocenters. The summed E-state index contributed by atoms with van der Waals surface area (Å²) < 4.78 is 11.6. The third-order valence-electron chi connectivity index (χ3n) is 2.71. The first kappa shape index (κ1) is 14.9. The van der Waals surface area contributed by atoms with Gasteiger partial charge >= 0.3 is 0 Å². The first-order valence-corrected chi connectivity index (χ1v) is 6.87. The van der Waals surface area contributed by atoms with Gasteiger partial charge in [-0.25, -0.2) is 4.68 Å². The molecule has 106 valence electrons. The summed E-state index contributed by atoms with van der Waals surface area (Å²) in [4.78, 5) is 12.1. The Morgan fingerprint density at radius 2 is 1.90 bits per heavy atom. The van der Waals surface area contributed by atoms with E-state index in [1.54, 1.807) is 7.11 Å². The molecule has 0 spiro atoms. The highest BCUT2D eigenvalue weighted by atomic mass is 79.9. The normalized spacial score (nSPS) is 10.4. The summed E-state index contributed by atoms with van der Waals surface area (Å²) in [5.41, 5.74) is 0.607. The molecule has 0 saturated carbocycles. The van der Waals surface area contributed by atoms with E-state index in [0.29, 0.717) is 6.54 Å². The molecular weight excluding hydrogens is 348 g/mol. The maximum absolute atomic E-state index is 12.1. The van der Waals surface area contributed by atoms with Crippen LogP contribution in [0.1, 0.15) is 5.56 Å². The van der Waals surface area contributed by atoms with Gasteiger partial charge < -0.3 is 9.47 Å². The van der Waals surface area contributed by atoms with Crippen LogP contribution < -0.4 is 15.0 Å². The summed E-state index contributed by atoms with van der Waals surface area (Å²) >= 11 is 9.15. The van der Waals surface area contributed by atoms with Crippen LogP contribution in [-0.2, 0) is 6.54 Å². The van der Waals surface area contributed by atoms with E-state index in [4.69, 9.17) is 21.1 Å². The average Bonchev–Trinajstić information content (AvgIpc) is 2.46. The minimum Gasteiger partial charge on any atom is -0.497 e. The van der Waals surface area contributed by atoms with Crippen molar-refractivity contribution in [3.05, 3.63) is 49.8 Å². The second-order valence-corrected chi connectivity index (χ2v) is 5.10. The van der Waals surface area contributed by atoms with Gasteiger partial charge in [-0.3, -0.25) is 4.79 Å². The standard InChI is InChI=1S/C13H12BrClN2O3/c1-19-9-5-3-8(4-6-9)7-17-13(18)10(14)11(20-2)12(15)16-17/h3-6H,7H2,1-2H3. The fraction of sp³-hybridized carbons (Fsp3) is 0.231. The molecule has 1 aromatic carbocycles. The Morgan fingerprint density at radius 1 is 1.25 bits per heavy atom. The molecule has 0 aliphatic carbocycles. The van der Waals surface area contributed by atoms with Crippen LogP contribution in [0.2, 0.25) is 5.15 Å². The number of hydrogen-bond donors (Lipinski definition) is 0. The first-order chi connectivity index (χ1) is 9.56. The van der Waals surface area contributed by atoms with Gasteiger partial charge in [-0.15, -0.1) is 0 Å². The maximum Gasteiger partial charge on any atom is 0.285 e. The van der Waals surface area contributed by atoms with Crippen molar-refractivity contribution in [2.75, 3.05) is 14.2 Å². The lowest BCUT2D eigenvalue weighted by molar-refractivity contribution is 0.404. The molecule has 1 aromatic heterocycles. The van der Waals surface area contributed by atoms with E-state index < -0.39 is 0 Å². The number of ether oxygens (including phenoxy) is 2. The summed E-state index contributed by atoms with van der Waals surface area (Å²) in [6.07, 6.45) is 0. The number of nitrogens with zero attached hydrogens (tertiary/aromatic N) is 2. The van der Waals surface area contributed by atoms with Crippen LogP contribution in [0.25, 0.3) is 0 Å². The van der Waals surface area contributed by atoms with E-state index in [9.17, 15) is 4.79 Å². The third kappa shape index (κ3) is 2.96. The van der Waals surface area contributed by atoms with Crippen LogP contribution in [0.15, 0.2) is 33.5 Å². The Balaban J connectivity index is 2.36. The predicted molar refractivity (Wildman–Crippen MR) is 79.9 cm³/mol. The molecule has 2 rings (SSSR count). The summed E-state index contributed by atoms with van der Waals surface area (Å²) in [7, 11) is 3.03. The molecule has 20 heavy (non-hydrogen) atoms. The fourth-order valence-electron chi connectivity index (χ4n) is 1.68. The maximum atomic E-state index is 12.1. The number of hydrogen-bond acceptors (Lipinski definition) is 4. The lowest BCUT2D eigenvalue weighted by Gasteiger charge is -2.10. The SMILES string of the molecule is COc1ccc(Cn2nc(Cl)c(OC)c(Br)c2=O)cc1. The predicted octanol–water partition coefficient (Wildman–Crippen LogP) is 2.72. The molecule has 7 heteroatoms. The number of rotatable bonds is 4. The summed E-state index contributed by atoms with van der Waals surface area (Å²) in [6, 6.07) is 7.36. The number of halogens is 2. The van der Waals surface area contributed by atoms with E-state index in [0.717, 1.165) is 11.3 Å². The van der Waals surface area contributed by atoms with Crippen molar-refractivity contribution in [2.24, 2.45) is 0 Å². The molecule has 0 bridgehead atoms. The van der Waals surface area contributed by atoms with Crippen molar-refractivity contribution in [3.63, 3.8) is 0 Å². The Bertz CT molecular complexity index is 671. The van der Waals surface area contributed by atoms with Crippen LogP contribution in [0, 0.1) is 0 Å². The molecule has 0 aliphatic rings. The molecule has 2 aromatic rings. The van der Waals surface area contributed by atoms with Gasteiger partial charge in [0.2, 0.25) is 0 Å². The van der Waals surface area contributed by atoms with Crippen molar-refractivity contribution in [3.8, 4) is 11.5 Å². The van der Waals surface area contributed by atoms with Crippen molar-refractivity contribution in [2.45, 2.75) is 6.54 Å². The second kappa shape index (κ2) is 6.28. The van der Waals surface area contributed by atoms with Crippen LogP contribution in [0.5, 0.6) is 11.5 Å². The van der Waals surface area contributed by atoms with Crippen molar-refractivity contribution < 1.29 is 9.47 Å². The largest absolute Gasteiger partial charge is 0.497 e. The highest BCUT2D eigenvalue weighted by molar-refractivity contribution is 9.10. The first-order valence-electron chi connectivity index (χ1n) is 5.70. The Morgan fingerprint density at radius 3 is 2.45 bits per heavy atom. The highest BCUT2D eigenvalue weighted by Crippen LogP contribution is 2.27. The average molecular weight is 360 g/mol. The lowest BCUT2D eigenvalue weighted by atomic mass is 10.2. The van der Waals surface area contributed by atoms with E-state index in [1.807, 2.05) is 24.3 Å². The molecular formula is C13H12BrClN2O3. The van der Waals surface area contributed by atoms with Gasteiger partial charge in [-0.1, -0.05) is 23.7 Å². The van der Waals surface area contributed by atoms with E-state index >= 15 is 0 Å². The summed E-state index contributed by atoms with van der Waals surface area (Å²) in [6.45, 7) is 0.311. The molecule has 0 radical (unpaired) electrons. The molecule has 0 saturated heterocycles. The molecule has 1 heterocycles. The van der Waals surface area contributed by atoms with Gasteiger partial charge in [-0.05, 0) is 33.6 Å². The van der Waals surface area contributed by atoms with Crippen LogP contribution in [0.3, 0.4) is 0 Å². The second-order valence-electron chi connectivity index (χ2n) is 3.95. The fourth-order valence-corrected chi connectivity index (χ4v) is 2.61. The minimum absolute atomic E-state index is 0.132.